The minimum absolute atomic E-state index is 1.06. The van der Waals surface area contributed by atoms with Crippen LogP contribution in [0.25, 0.3) is 0 Å². The van der Waals surface area contributed by atoms with E-state index in [2.05, 4.69) is 55.9 Å². The van der Waals surface area contributed by atoms with Crippen molar-refractivity contribution in [3.63, 3.8) is 0 Å². The van der Waals surface area contributed by atoms with E-state index in [1.54, 1.807) is 0 Å². The zero-order valence-electron chi connectivity index (χ0n) is 13.2. The summed E-state index contributed by atoms with van der Waals surface area (Å²) in [6.07, 6.45) is 0. The van der Waals surface area contributed by atoms with Gasteiger partial charge in [-0.25, -0.2) is 0 Å². The second-order valence-electron chi connectivity index (χ2n) is 4.78. The largest absolute Gasteiger partial charge is 0.375 e. The normalized spacial score (nSPS) is 11.3. The first-order chi connectivity index (χ1) is 8.58. The van der Waals surface area contributed by atoms with Crippen LogP contribution in [0.2, 0.25) is 0 Å². The summed E-state index contributed by atoms with van der Waals surface area (Å²) in [5.41, 5.74) is 1.18. The van der Waals surface area contributed by atoms with Gasteiger partial charge in [0.1, 0.15) is 0 Å². The highest BCUT2D eigenvalue weighted by atomic mass is 15.2. The van der Waals surface area contributed by atoms with Crippen LogP contribution in [0.1, 0.15) is 34.6 Å². The Hall–Kier alpha value is -0.540. The molecule has 18 heavy (non-hydrogen) atoms. The van der Waals surface area contributed by atoms with E-state index in [4.69, 9.17) is 0 Å². The van der Waals surface area contributed by atoms with Crippen molar-refractivity contribution in [3.8, 4) is 0 Å². The van der Waals surface area contributed by atoms with Gasteiger partial charge in [-0.1, -0.05) is 27.4 Å². The molecule has 0 fully saturated rings. The first kappa shape index (κ1) is 17.5. The van der Waals surface area contributed by atoms with Crippen LogP contribution in [0.3, 0.4) is 0 Å². The van der Waals surface area contributed by atoms with Crippen LogP contribution in [-0.4, -0.2) is 67.1 Å². The lowest BCUT2D eigenvalue weighted by atomic mass is 10.3. The Labute approximate surface area is 114 Å². The highest BCUT2D eigenvalue weighted by Crippen LogP contribution is 2.00. The van der Waals surface area contributed by atoms with Gasteiger partial charge in [0.25, 0.3) is 0 Å². The maximum atomic E-state index is 4.03. The molecule has 0 aliphatic heterocycles. The molecule has 0 heterocycles. The average molecular weight is 255 g/mol. The van der Waals surface area contributed by atoms with Gasteiger partial charge in [-0.05, 0) is 33.5 Å². The molecule has 3 heteroatoms. The van der Waals surface area contributed by atoms with Crippen molar-refractivity contribution < 1.29 is 0 Å². The second-order valence-corrected chi connectivity index (χ2v) is 4.78. The van der Waals surface area contributed by atoms with Crippen molar-refractivity contribution in [2.24, 2.45) is 0 Å². The molecule has 0 amide bonds. The first-order valence-corrected chi connectivity index (χ1v) is 7.44. The zero-order chi connectivity index (χ0) is 14.0. The summed E-state index contributed by atoms with van der Waals surface area (Å²) in [7, 11) is 0. The summed E-state index contributed by atoms with van der Waals surface area (Å²) in [5.74, 6) is 0. The van der Waals surface area contributed by atoms with Crippen LogP contribution in [0.15, 0.2) is 12.3 Å². The van der Waals surface area contributed by atoms with E-state index in [1.165, 1.54) is 18.8 Å². The molecule has 3 nitrogen and oxygen atoms in total. The fourth-order valence-corrected chi connectivity index (χ4v) is 2.13. The Kier molecular flexibility index (Phi) is 10.1. The fraction of sp³-hybridized carbons (Fsp3) is 0.867. The Bertz CT molecular complexity index is 212. The highest BCUT2D eigenvalue weighted by Gasteiger charge is 2.07. The van der Waals surface area contributed by atoms with Gasteiger partial charge in [0.15, 0.2) is 0 Å². The molecule has 0 aromatic carbocycles. The molecule has 0 aliphatic carbocycles. The van der Waals surface area contributed by atoms with Crippen LogP contribution in [0, 0.1) is 0 Å². The number of rotatable bonds is 11. The van der Waals surface area contributed by atoms with E-state index in [1.807, 2.05) is 0 Å². The van der Waals surface area contributed by atoms with E-state index < -0.39 is 0 Å². The smallest absolute Gasteiger partial charge is 0.0302 e. The lowest BCUT2D eigenvalue weighted by Gasteiger charge is -2.29. The predicted octanol–water partition coefficient (Wildman–Crippen LogP) is 2.51. The van der Waals surface area contributed by atoms with Crippen LogP contribution in [-0.2, 0) is 0 Å². The Morgan fingerprint density at radius 2 is 1.17 bits per heavy atom. The Balaban J connectivity index is 3.99. The second kappa shape index (κ2) is 10.4. The zero-order valence-corrected chi connectivity index (χ0v) is 13.2. The van der Waals surface area contributed by atoms with Gasteiger partial charge in [-0.2, -0.15) is 0 Å². The van der Waals surface area contributed by atoms with Gasteiger partial charge in [0.2, 0.25) is 0 Å². The van der Waals surface area contributed by atoms with Crippen molar-refractivity contribution in [3.05, 3.63) is 12.3 Å². The third-order valence-corrected chi connectivity index (χ3v) is 3.68. The van der Waals surface area contributed by atoms with Crippen LogP contribution in [0.4, 0.5) is 0 Å². The molecule has 0 rings (SSSR count). The van der Waals surface area contributed by atoms with E-state index in [9.17, 15) is 0 Å². The van der Waals surface area contributed by atoms with Crippen LogP contribution in [0.5, 0.6) is 0 Å². The molecule has 0 aromatic rings. The average Bonchev–Trinajstić information content (AvgIpc) is 2.37. The first-order valence-electron chi connectivity index (χ1n) is 7.44. The summed E-state index contributed by atoms with van der Waals surface area (Å²) < 4.78 is 0. The number of allylic oxidation sites excluding steroid dienone is 1. The molecule has 0 aliphatic rings. The van der Waals surface area contributed by atoms with Gasteiger partial charge < -0.3 is 14.7 Å². The SMILES string of the molecule is C=C(C)N(CC)CCN(CC)CCN(CC)CC. The number of likely N-dealkylation sites (N-methyl/N-ethyl adjacent to an activating group) is 3. The van der Waals surface area contributed by atoms with Crippen molar-refractivity contribution in [1.82, 2.24) is 14.7 Å². The highest BCUT2D eigenvalue weighted by molar-refractivity contribution is 4.88. The monoisotopic (exact) mass is 255 g/mol. The lowest BCUT2D eigenvalue weighted by Crippen LogP contribution is -2.39. The minimum atomic E-state index is 1.06. The summed E-state index contributed by atoms with van der Waals surface area (Å²) >= 11 is 0. The van der Waals surface area contributed by atoms with E-state index in [0.717, 1.165) is 39.3 Å². The molecule has 108 valence electrons. The van der Waals surface area contributed by atoms with E-state index in [-0.39, 0.29) is 0 Å². The van der Waals surface area contributed by atoms with Gasteiger partial charge in [-0.3, -0.25) is 0 Å². The minimum Gasteiger partial charge on any atom is -0.375 e. The van der Waals surface area contributed by atoms with Gasteiger partial charge >= 0.3 is 0 Å². The summed E-state index contributed by atoms with van der Waals surface area (Å²) in [6.45, 7) is 24.1. The molecular formula is C15H33N3. The van der Waals surface area contributed by atoms with Gasteiger partial charge in [-0.15, -0.1) is 0 Å². The predicted molar refractivity (Wildman–Crippen MR) is 82.0 cm³/mol. The fourth-order valence-electron chi connectivity index (χ4n) is 2.13. The topological polar surface area (TPSA) is 9.72 Å². The number of nitrogens with zero attached hydrogens (tertiary/aromatic N) is 3. The van der Waals surface area contributed by atoms with Crippen molar-refractivity contribution in [2.75, 3.05) is 52.4 Å². The van der Waals surface area contributed by atoms with Crippen molar-refractivity contribution in [1.29, 1.82) is 0 Å². The Morgan fingerprint density at radius 3 is 1.56 bits per heavy atom. The quantitative estimate of drug-likeness (QED) is 0.562. The standard InChI is InChI=1S/C15H33N3/c1-7-16(8-2)11-12-17(9-3)13-14-18(10-4)15(5)6/h5,7-14H2,1-4,6H3. The lowest BCUT2D eigenvalue weighted by molar-refractivity contribution is 0.202. The Morgan fingerprint density at radius 1 is 0.722 bits per heavy atom. The summed E-state index contributed by atoms with van der Waals surface area (Å²) in [6, 6.07) is 0. The molecule has 0 spiro atoms. The molecule has 0 saturated carbocycles. The number of hydrogen-bond donors (Lipinski definition) is 0. The van der Waals surface area contributed by atoms with Crippen LogP contribution < -0.4 is 0 Å². The van der Waals surface area contributed by atoms with E-state index in [0.29, 0.717) is 0 Å². The summed E-state index contributed by atoms with van der Waals surface area (Å²) in [4.78, 5) is 7.36. The van der Waals surface area contributed by atoms with Crippen molar-refractivity contribution in [2.45, 2.75) is 34.6 Å². The van der Waals surface area contributed by atoms with Gasteiger partial charge in [0.05, 0.1) is 0 Å². The summed E-state index contributed by atoms with van der Waals surface area (Å²) in [5, 5.41) is 0. The molecule has 0 radical (unpaired) electrons. The maximum Gasteiger partial charge on any atom is 0.0302 e. The van der Waals surface area contributed by atoms with Crippen molar-refractivity contribution >= 4 is 0 Å². The molecular weight excluding hydrogens is 222 g/mol. The molecule has 0 bridgehead atoms. The van der Waals surface area contributed by atoms with Crippen LogP contribution >= 0.6 is 0 Å². The molecule has 0 unspecified atom stereocenters. The molecule has 0 saturated heterocycles. The van der Waals surface area contributed by atoms with Gasteiger partial charge in [0, 0.05) is 38.4 Å². The van der Waals surface area contributed by atoms with E-state index >= 15 is 0 Å². The third kappa shape index (κ3) is 7.02. The maximum absolute atomic E-state index is 4.03. The molecule has 0 aromatic heterocycles. The molecule has 0 atom stereocenters. The third-order valence-electron chi connectivity index (χ3n) is 3.68. The molecule has 0 N–H and O–H groups in total. The number of hydrogen-bond acceptors (Lipinski definition) is 3.